The number of carbonyl (C=O) groups is 2. The van der Waals surface area contributed by atoms with Gasteiger partial charge in [-0.2, -0.15) is 13.2 Å². The lowest BCUT2D eigenvalue weighted by Gasteiger charge is -2.28. The summed E-state index contributed by atoms with van der Waals surface area (Å²) in [6, 6.07) is 11.0. The number of benzene rings is 2. The van der Waals surface area contributed by atoms with E-state index >= 15 is 0 Å². The van der Waals surface area contributed by atoms with Crippen molar-refractivity contribution in [3.05, 3.63) is 58.5 Å². The van der Waals surface area contributed by atoms with E-state index in [1.807, 2.05) is 25.1 Å². The van der Waals surface area contributed by atoms with Crippen molar-refractivity contribution in [2.45, 2.75) is 59.7 Å². The Bertz CT molecular complexity index is 1080. The highest BCUT2D eigenvalue weighted by atomic mass is 32.2. The summed E-state index contributed by atoms with van der Waals surface area (Å²) < 4.78 is 36.5. The van der Waals surface area contributed by atoms with Gasteiger partial charge in [-0.25, -0.2) is 4.79 Å². The number of alkyl halides is 3. The van der Waals surface area contributed by atoms with Gasteiger partial charge in [-0.1, -0.05) is 6.07 Å². The van der Waals surface area contributed by atoms with Crippen molar-refractivity contribution < 1.29 is 22.8 Å². The number of rotatable bonds is 7. The summed E-state index contributed by atoms with van der Waals surface area (Å²) >= 11 is 1.06. The lowest BCUT2D eigenvalue weighted by Crippen LogP contribution is -2.43. The van der Waals surface area contributed by atoms with Gasteiger partial charge in [0.2, 0.25) is 0 Å². The Morgan fingerprint density at radius 3 is 2.24 bits per heavy atom. The first-order chi connectivity index (χ1) is 15.9. The molecule has 2 aromatic carbocycles. The summed E-state index contributed by atoms with van der Waals surface area (Å²) in [5.74, 6) is -0.727. The number of nitrogens with zero attached hydrogens (tertiary/aromatic N) is 2. The summed E-state index contributed by atoms with van der Waals surface area (Å²) in [5, 5.41) is 5.30. The molecule has 0 bridgehead atoms. The molecule has 11 heteroatoms. The summed E-state index contributed by atoms with van der Waals surface area (Å²) in [4.78, 5) is 37.9. The predicted molar refractivity (Wildman–Crippen MR) is 128 cm³/mol. The Morgan fingerprint density at radius 2 is 1.65 bits per heavy atom. The summed E-state index contributed by atoms with van der Waals surface area (Å²) in [6.07, 6.45) is 1.30. The van der Waals surface area contributed by atoms with E-state index < -0.39 is 16.2 Å². The van der Waals surface area contributed by atoms with Gasteiger partial charge in [-0.15, -0.1) is 16.7 Å². The first kappa shape index (κ1) is 26.1. The summed E-state index contributed by atoms with van der Waals surface area (Å²) in [5.41, 5.74) is -1.78. The fourth-order valence-electron chi connectivity index (χ4n) is 3.81. The van der Waals surface area contributed by atoms with Gasteiger partial charge >= 0.3 is 17.4 Å². The van der Waals surface area contributed by atoms with Crippen molar-refractivity contribution in [2.24, 2.45) is 5.18 Å². The number of hydrogen-bond acceptors (Lipinski definition) is 5. The summed E-state index contributed by atoms with van der Waals surface area (Å²) in [6.45, 7) is 5.62. The van der Waals surface area contributed by atoms with Crippen molar-refractivity contribution in [3.63, 3.8) is 0 Å². The molecule has 34 heavy (non-hydrogen) atoms. The van der Waals surface area contributed by atoms with E-state index in [1.165, 1.54) is 36.0 Å². The van der Waals surface area contributed by atoms with Gasteiger partial charge in [-0.3, -0.25) is 4.79 Å². The first-order valence-corrected chi connectivity index (χ1v) is 12.2. The number of nitroso groups, excluding NO2 is 1. The van der Waals surface area contributed by atoms with Crippen LogP contribution in [0.3, 0.4) is 0 Å². The lowest BCUT2D eigenvalue weighted by atomic mass is 10.1. The first-order valence-electron chi connectivity index (χ1n) is 10.5. The van der Waals surface area contributed by atoms with Crippen molar-refractivity contribution in [3.8, 4) is 0 Å². The van der Waals surface area contributed by atoms with E-state index in [4.69, 9.17) is 0 Å². The molecule has 0 aliphatic heterocycles. The van der Waals surface area contributed by atoms with Crippen LogP contribution in [-0.4, -0.2) is 39.7 Å². The highest BCUT2D eigenvalue weighted by Crippen LogP contribution is 2.38. The molecule has 1 aliphatic carbocycles. The number of likely N-dealkylation sites (N-methyl/N-ethyl adjacent to an activating group) is 1. The second kappa shape index (κ2) is 10.4. The minimum Gasteiger partial charge on any atom is -0.321 e. The molecule has 0 heterocycles. The van der Waals surface area contributed by atoms with Crippen LogP contribution in [0.25, 0.3) is 0 Å². The number of amides is 3. The van der Waals surface area contributed by atoms with Crippen LogP contribution in [0.5, 0.6) is 0 Å². The molecular formula is C23H24F3N3O3S2. The highest BCUT2D eigenvalue weighted by molar-refractivity contribution is 8.01. The molecule has 182 valence electrons. The van der Waals surface area contributed by atoms with Crippen molar-refractivity contribution in [1.82, 2.24) is 4.90 Å². The zero-order valence-electron chi connectivity index (χ0n) is 18.8. The van der Waals surface area contributed by atoms with E-state index in [1.54, 1.807) is 18.7 Å². The molecule has 0 spiro atoms. The number of hydrogen-bond donors (Lipinski definition) is 1. The van der Waals surface area contributed by atoms with Crippen LogP contribution in [0.15, 0.2) is 57.4 Å². The second-order valence-corrected chi connectivity index (χ2v) is 11.1. The average molecular weight is 512 g/mol. The van der Waals surface area contributed by atoms with E-state index in [9.17, 15) is 27.7 Å². The summed E-state index contributed by atoms with van der Waals surface area (Å²) in [7, 11) is 0. The number of halogens is 3. The lowest BCUT2D eigenvalue weighted by molar-refractivity contribution is -0.119. The number of urea groups is 1. The van der Waals surface area contributed by atoms with Gasteiger partial charge in [-0.05, 0) is 92.9 Å². The molecule has 0 saturated carbocycles. The molecule has 6 nitrogen and oxygen atoms in total. The molecule has 1 atom stereocenters. The molecular weight excluding hydrogens is 487 g/mol. The standard InChI is InChI=1S/C23H24F3N3O3S2/c1-4-29(21(31)27-16-6-9-18(10-7-16)34-23(24,25)26)17-11-14-5-8-19(13-15(14)12-17)33-22(2,3)20(30)28-32/h5-10,13,17H,4,11-12H2,1-3H3,(H,27,31). The van der Waals surface area contributed by atoms with Crippen LogP contribution in [-0.2, 0) is 17.6 Å². The van der Waals surface area contributed by atoms with Crippen LogP contribution in [0.2, 0.25) is 0 Å². The normalized spacial score (nSPS) is 15.5. The molecule has 1 unspecified atom stereocenters. The number of carbonyl (C=O) groups excluding carboxylic acids is 2. The van der Waals surface area contributed by atoms with Gasteiger partial charge in [0.1, 0.15) is 0 Å². The van der Waals surface area contributed by atoms with Crippen LogP contribution < -0.4 is 5.32 Å². The van der Waals surface area contributed by atoms with E-state index in [0.717, 1.165) is 16.0 Å². The van der Waals surface area contributed by atoms with Gasteiger partial charge in [0.15, 0.2) is 0 Å². The zero-order chi connectivity index (χ0) is 25.1. The molecule has 1 N–H and O–H groups in total. The molecule has 0 saturated heterocycles. The van der Waals surface area contributed by atoms with E-state index in [-0.39, 0.29) is 28.7 Å². The Labute approximate surface area is 204 Å². The maximum absolute atomic E-state index is 12.9. The molecule has 0 fully saturated rings. The number of fused-ring (bicyclic) bond motifs is 1. The minimum absolute atomic E-state index is 0.0477. The Balaban J connectivity index is 1.65. The Hall–Kier alpha value is -2.53. The van der Waals surface area contributed by atoms with Crippen molar-refractivity contribution >= 4 is 41.1 Å². The third kappa shape index (κ3) is 6.53. The van der Waals surface area contributed by atoms with Gasteiger partial charge in [0.25, 0.3) is 0 Å². The topological polar surface area (TPSA) is 78.8 Å². The number of anilines is 1. The van der Waals surface area contributed by atoms with Gasteiger partial charge < -0.3 is 10.2 Å². The fourth-order valence-corrected chi connectivity index (χ4v) is 5.40. The predicted octanol–water partition coefficient (Wildman–Crippen LogP) is 6.48. The maximum Gasteiger partial charge on any atom is 0.446 e. The second-order valence-electron chi connectivity index (χ2n) is 8.29. The van der Waals surface area contributed by atoms with Crippen molar-refractivity contribution in [1.29, 1.82) is 0 Å². The quantitative estimate of drug-likeness (QED) is 0.340. The SMILES string of the molecule is CCN(C(=O)Nc1ccc(SC(F)(F)F)cc1)C1Cc2ccc(SC(C)(C)C(=O)N=O)cc2C1. The average Bonchev–Trinajstić information content (AvgIpc) is 3.16. The molecule has 1 aliphatic rings. The van der Waals surface area contributed by atoms with Crippen LogP contribution >= 0.6 is 23.5 Å². The molecule has 3 amide bonds. The van der Waals surface area contributed by atoms with Crippen LogP contribution in [0.4, 0.5) is 23.7 Å². The monoisotopic (exact) mass is 511 g/mol. The zero-order valence-corrected chi connectivity index (χ0v) is 20.4. The number of nitrogens with one attached hydrogen (secondary N) is 1. The van der Waals surface area contributed by atoms with E-state index in [2.05, 4.69) is 10.5 Å². The largest absolute Gasteiger partial charge is 0.446 e. The molecule has 0 radical (unpaired) electrons. The van der Waals surface area contributed by atoms with Crippen LogP contribution in [0.1, 0.15) is 31.9 Å². The van der Waals surface area contributed by atoms with Crippen molar-refractivity contribution in [2.75, 3.05) is 11.9 Å². The Morgan fingerprint density at radius 1 is 1.03 bits per heavy atom. The molecule has 2 aromatic rings. The molecule has 0 aromatic heterocycles. The maximum atomic E-state index is 12.9. The highest BCUT2D eigenvalue weighted by Gasteiger charge is 2.33. The molecule has 3 rings (SSSR count). The van der Waals surface area contributed by atoms with E-state index in [0.29, 0.717) is 25.1 Å². The van der Waals surface area contributed by atoms with Gasteiger partial charge in [0, 0.05) is 33.2 Å². The van der Waals surface area contributed by atoms with Gasteiger partial charge in [0.05, 0.1) is 4.75 Å². The minimum atomic E-state index is -4.36. The Kier molecular flexibility index (Phi) is 7.97. The third-order valence-corrected chi connectivity index (χ3v) is 7.36. The third-order valence-electron chi connectivity index (χ3n) is 5.44. The number of thioether (sulfide) groups is 2. The smallest absolute Gasteiger partial charge is 0.321 e. The van der Waals surface area contributed by atoms with Crippen LogP contribution in [0, 0.1) is 4.91 Å². The fraction of sp³-hybridized carbons (Fsp3) is 0.391.